The van der Waals surface area contributed by atoms with E-state index in [1.807, 2.05) is 36.7 Å². The maximum atomic E-state index is 6.35. The van der Waals surface area contributed by atoms with Crippen LogP contribution in [0.4, 0.5) is 0 Å². The summed E-state index contributed by atoms with van der Waals surface area (Å²) in [6.07, 6.45) is 8.11. The Morgan fingerprint density at radius 3 is 2.83 bits per heavy atom. The van der Waals surface area contributed by atoms with E-state index in [4.69, 9.17) is 11.6 Å². The van der Waals surface area contributed by atoms with E-state index in [0.717, 1.165) is 45.9 Å². The Kier molecular flexibility index (Phi) is 4.28. The quantitative estimate of drug-likeness (QED) is 0.576. The van der Waals surface area contributed by atoms with Crippen molar-refractivity contribution in [2.45, 2.75) is 19.3 Å². The lowest BCUT2D eigenvalue weighted by atomic mass is 10.1. The van der Waals surface area contributed by atoms with Gasteiger partial charge in [-0.1, -0.05) is 17.7 Å². The van der Waals surface area contributed by atoms with Crippen LogP contribution in [0.1, 0.15) is 21.1 Å². The highest BCUT2D eigenvalue weighted by atomic mass is 35.5. The van der Waals surface area contributed by atoms with Crippen molar-refractivity contribution in [1.82, 2.24) is 19.9 Å². The lowest BCUT2D eigenvalue weighted by Gasteiger charge is -1.97. The second-order valence-electron chi connectivity index (χ2n) is 5.53. The summed E-state index contributed by atoms with van der Waals surface area (Å²) in [6.45, 7) is 0. The van der Waals surface area contributed by atoms with E-state index >= 15 is 0 Å². The minimum atomic E-state index is 0.606. The number of thiazole rings is 1. The molecular formula is C18H15ClN4S. The van der Waals surface area contributed by atoms with Gasteiger partial charge in [0.05, 0.1) is 5.01 Å². The predicted octanol–water partition coefficient (Wildman–Crippen LogP) is 4.44. The fourth-order valence-corrected chi connectivity index (χ4v) is 4.03. The Morgan fingerprint density at radius 1 is 1.04 bits per heavy atom. The summed E-state index contributed by atoms with van der Waals surface area (Å²) in [7, 11) is 0. The summed E-state index contributed by atoms with van der Waals surface area (Å²) in [5.41, 5.74) is 3.18. The monoisotopic (exact) mass is 354 g/mol. The molecule has 0 saturated carbocycles. The molecule has 0 unspecified atom stereocenters. The van der Waals surface area contributed by atoms with Gasteiger partial charge in [-0.15, -0.1) is 11.3 Å². The highest BCUT2D eigenvalue weighted by Crippen LogP contribution is 2.29. The summed E-state index contributed by atoms with van der Waals surface area (Å²) in [5.74, 6) is 0. The Labute approximate surface area is 148 Å². The smallest absolute Gasteiger partial charge is 0.143 e. The van der Waals surface area contributed by atoms with E-state index in [2.05, 4.69) is 26.0 Å². The zero-order chi connectivity index (χ0) is 16.4. The number of hydrogen-bond donors (Lipinski definition) is 1. The van der Waals surface area contributed by atoms with E-state index in [1.54, 1.807) is 17.5 Å². The molecule has 0 aliphatic rings. The number of nitrogens with zero attached hydrogens (tertiary/aromatic N) is 3. The Bertz CT molecular complexity index is 961. The minimum Gasteiger partial charge on any atom is -0.346 e. The molecule has 4 aromatic rings. The molecule has 0 fully saturated rings. The molecule has 0 aromatic carbocycles. The number of hydrogen-bond acceptors (Lipinski definition) is 4. The molecule has 4 aromatic heterocycles. The van der Waals surface area contributed by atoms with Gasteiger partial charge in [0, 0.05) is 47.4 Å². The maximum Gasteiger partial charge on any atom is 0.143 e. The molecule has 0 amide bonds. The second-order valence-corrected chi connectivity index (χ2v) is 7.06. The lowest BCUT2D eigenvalue weighted by Crippen LogP contribution is -1.92. The largest absolute Gasteiger partial charge is 0.346 e. The molecule has 24 heavy (non-hydrogen) atoms. The number of fused-ring (bicyclic) bond motifs is 1. The fraction of sp³-hybridized carbons (Fsp3) is 0.167. The van der Waals surface area contributed by atoms with E-state index in [9.17, 15) is 0 Å². The van der Waals surface area contributed by atoms with Gasteiger partial charge in [-0.05, 0) is 36.2 Å². The van der Waals surface area contributed by atoms with Crippen molar-refractivity contribution in [3.05, 3.63) is 75.2 Å². The summed E-state index contributed by atoms with van der Waals surface area (Å²) in [5, 5.41) is 2.80. The molecule has 0 saturated heterocycles. The SMILES string of the molecule is Clc1nc(CCc2ccccn2)sc1Cc1c[nH]c2ncccc12. The highest BCUT2D eigenvalue weighted by molar-refractivity contribution is 7.12. The van der Waals surface area contributed by atoms with E-state index < -0.39 is 0 Å². The summed E-state index contributed by atoms with van der Waals surface area (Å²) in [6, 6.07) is 10.00. The standard InChI is InChI=1S/C18H15ClN4S/c19-17-15(10-12-11-22-18-14(12)5-3-9-21-18)24-16(23-17)7-6-13-4-1-2-8-20-13/h1-5,8-9,11H,6-7,10H2,(H,21,22). The van der Waals surface area contributed by atoms with Crippen LogP contribution in [0.25, 0.3) is 11.0 Å². The zero-order valence-electron chi connectivity index (χ0n) is 12.9. The third-order valence-electron chi connectivity index (χ3n) is 3.90. The first-order valence-corrected chi connectivity index (χ1v) is 8.94. The number of aromatic nitrogens is 4. The van der Waals surface area contributed by atoms with Gasteiger partial charge in [0.25, 0.3) is 0 Å². The highest BCUT2D eigenvalue weighted by Gasteiger charge is 2.13. The molecule has 4 heterocycles. The van der Waals surface area contributed by atoms with Crippen molar-refractivity contribution < 1.29 is 0 Å². The van der Waals surface area contributed by atoms with Gasteiger partial charge in [0.2, 0.25) is 0 Å². The second kappa shape index (κ2) is 6.71. The van der Waals surface area contributed by atoms with Crippen LogP contribution in [0.15, 0.2) is 48.9 Å². The summed E-state index contributed by atoms with van der Waals surface area (Å²) < 4.78 is 0. The van der Waals surface area contributed by atoms with Crippen LogP contribution >= 0.6 is 22.9 Å². The normalized spacial score (nSPS) is 11.2. The van der Waals surface area contributed by atoms with Gasteiger partial charge in [-0.3, -0.25) is 4.98 Å². The number of halogens is 1. The predicted molar refractivity (Wildman–Crippen MR) is 97.7 cm³/mol. The third kappa shape index (κ3) is 3.18. The first-order valence-electron chi connectivity index (χ1n) is 7.74. The molecule has 0 atom stereocenters. The Morgan fingerprint density at radius 2 is 1.96 bits per heavy atom. The van der Waals surface area contributed by atoms with Gasteiger partial charge in [0.1, 0.15) is 10.8 Å². The molecule has 0 radical (unpaired) electrons. The van der Waals surface area contributed by atoms with E-state index in [1.165, 1.54) is 5.56 Å². The van der Waals surface area contributed by atoms with Gasteiger partial charge >= 0.3 is 0 Å². The Balaban J connectivity index is 1.51. The van der Waals surface area contributed by atoms with E-state index in [0.29, 0.717) is 5.15 Å². The van der Waals surface area contributed by atoms with Crippen LogP contribution in [0.2, 0.25) is 5.15 Å². The molecule has 120 valence electrons. The number of H-pyrrole nitrogens is 1. The molecular weight excluding hydrogens is 340 g/mol. The molecule has 4 nitrogen and oxygen atoms in total. The molecule has 0 aliphatic heterocycles. The van der Waals surface area contributed by atoms with Gasteiger partial charge < -0.3 is 4.98 Å². The summed E-state index contributed by atoms with van der Waals surface area (Å²) in [4.78, 5) is 17.5. The minimum absolute atomic E-state index is 0.606. The molecule has 0 spiro atoms. The van der Waals surface area contributed by atoms with Crippen molar-refractivity contribution >= 4 is 34.0 Å². The van der Waals surface area contributed by atoms with Gasteiger partial charge in [-0.2, -0.15) is 0 Å². The topological polar surface area (TPSA) is 54.5 Å². The average Bonchev–Trinajstić information content (AvgIpc) is 3.18. The first kappa shape index (κ1) is 15.3. The molecule has 4 rings (SSSR count). The molecule has 6 heteroatoms. The van der Waals surface area contributed by atoms with Crippen molar-refractivity contribution in [3.8, 4) is 0 Å². The fourth-order valence-electron chi connectivity index (χ4n) is 2.71. The van der Waals surface area contributed by atoms with Crippen LogP contribution in [-0.4, -0.2) is 19.9 Å². The maximum absolute atomic E-state index is 6.35. The molecule has 1 N–H and O–H groups in total. The van der Waals surface area contributed by atoms with Gasteiger partial charge in [-0.25, -0.2) is 9.97 Å². The average molecular weight is 355 g/mol. The van der Waals surface area contributed by atoms with Crippen LogP contribution in [0, 0.1) is 0 Å². The van der Waals surface area contributed by atoms with Crippen LogP contribution in [0.3, 0.4) is 0 Å². The van der Waals surface area contributed by atoms with Crippen molar-refractivity contribution in [2.24, 2.45) is 0 Å². The Hall–Kier alpha value is -2.24. The first-order chi connectivity index (χ1) is 11.8. The number of rotatable bonds is 5. The zero-order valence-corrected chi connectivity index (χ0v) is 14.4. The van der Waals surface area contributed by atoms with Crippen LogP contribution in [-0.2, 0) is 19.3 Å². The number of pyridine rings is 2. The lowest BCUT2D eigenvalue weighted by molar-refractivity contribution is 0.903. The van der Waals surface area contributed by atoms with Crippen LogP contribution in [0.5, 0.6) is 0 Å². The number of aryl methyl sites for hydroxylation is 2. The number of aromatic amines is 1. The molecule has 0 bridgehead atoms. The summed E-state index contributed by atoms with van der Waals surface area (Å²) >= 11 is 8.03. The van der Waals surface area contributed by atoms with Crippen molar-refractivity contribution in [1.29, 1.82) is 0 Å². The van der Waals surface area contributed by atoms with E-state index in [-0.39, 0.29) is 0 Å². The molecule has 0 aliphatic carbocycles. The van der Waals surface area contributed by atoms with Crippen LogP contribution < -0.4 is 0 Å². The van der Waals surface area contributed by atoms with Crippen molar-refractivity contribution in [3.63, 3.8) is 0 Å². The third-order valence-corrected chi connectivity index (χ3v) is 5.44. The number of nitrogens with one attached hydrogen (secondary N) is 1. The van der Waals surface area contributed by atoms with Crippen molar-refractivity contribution in [2.75, 3.05) is 0 Å². The van der Waals surface area contributed by atoms with Gasteiger partial charge in [0.15, 0.2) is 0 Å².